The van der Waals surface area contributed by atoms with Gasteiger partial charge in [-0.25, -0.2) is 4.98 Å². The Morgan fingerprint density at radius 3 is 2.71 bits per heavy atom. The summed E-state index contributed by atoms with van der Waals surface area (Å²) in [5, 5.41) is 0. The monoisotopic (exact) mass is 228 g/mol. The Balaban J connectivity index is 2.17. The molecule has 4 nitrogen and oxygen atoms in total. The smallest absolute Gasteiger partial charge is 0.130 e. The Hall–Kier alpha value is -2.10. The van der Waals surface area contributed by atoms with Gasteiger partial charge in [0.15, 0.2) is 0 Å². The molecule has 0 saturated heterocycles. The van der Waals surface area contributed by atoms with E-state index in [0.29, 0.717) is 0 Å². The van der Waals surface area contributed by atoms with Crippen molar-refractivity contribution in [1.29, 1.82) is 0 Å². The van der Waals surface area contributed by atoms with E-state index in [-0.39, 0.29) is 0 Å². The Kier molecular flexibility index (Phi) is 3.55. The third-order valence-corrected chi connectivity index (χ3v) is 2.55. The Morgan fingerprint density at radius 2 is 2.06 bits per heavy atom. The van der Waals surface area contributed by atoms with E-state index >= 15 is 0 Å². The molecule has 17 heavy (non-hydrogen) atoms. The fourth-order valence-corrected chi connectivity index (χ4v) is 1.65. The zero-order valence-electron chi connectivity index (χ0n) is 9.87. The van der Waals surface area contributed by atoms with Gasteiger partial charge in [0.25, 0.3) is 0 Å². The van der Waals surface area contributed by atoms with Crippen LogP contribution in [-0.4, -0.2) is 16.5 Å². The van der Waals surface area contributed by atoms with Crippen molar-refractivity contribution in [1.82, 2.24) is 9.97 Å². The van der Waals surface area contributed by atoms with Crippen LogP contribution in [0.15, 0.2) is 42.7 Å². The van der Waals surface area contributed by atoms with Crippen LogP contribution in [0.5, 0.6) is 0 Å². The number of pyridine rings is 2. The van der Waals surface area contributed by atoms with Gasteiger partial charge in [-0.3, -0.25) is 4.98 Å². The Morgan fingerprint density at radius 1 is 1.18 bits per heavy atom. The van der Waals surface area contributed by atoms with Gasteiger partial charge in [-0.15, -0.1) is 0 Å². The molecule has 0 bridgehead atoms. The molecule has 2 aromatic rings. The summed E-state index contributed by atoms with van der Waals surface area (Å²) in [7, 11) is 0. The highest BCUT2D eigenvalue weighted by molar-refractivity contribution is 5.50. The molecule has 0 aliphatic rings. The summed E-state index contributed by atoms with van der Waals surface area (Å²) in [4.78, 5) is 10.8. The first-order valence-corrected chi connectivity index (χ1v) is 5.66. The second-order valence-electron chi connectivity index (χ2n) is 3.78. The molecule has 0 aliphatic heterocycles. The van der Waals surface area contributed by atoms with Crippen LogP contribution in [0.1, 0.15) is 12.6 Å². The van der Waals surface area contributed by atoms with Crippen LogP contribution in [0, 0.1) is 0 Å². The summed E-state index contributed by atoms with van der Waals surface area (Å²) in [6, 6.07) is 9.58. The van der Waals surface area contributed by atoms with E-state index < -0.39 is 0 Å². The van der Waals surface area contributed by atoms with Crippen molar-refractivity contribution in [2.75, 3.05) is 17.2 Å². The molecular formula is C13H16N4. The number of nitrogen functional groups attached to an aromatic ring is 1. The molecule has 2 heterocycles. The normalized spacial score (nSPS) is 10.2. The van der Waals surface area contributed by atoms with Crippen molar-refractivity contribution in [3.8, 4) is 0 Å². The maximum absolute atomic E-state index is 5.76. The highest BCUT2D eigenvalue weighted by atomic mass is 15.2. The third-order valence-electron chi connectivity index (χ3n) is 2.55. The second kappa shape index (κ2) is 5.30. The molecular weight excluding hydrogens is 212 g/mol. The average Bonchev–Trinajstić information content (AvgIpc) is 2.37. The molecule has 88 valence electrons. The fourth-order valence-electron chi connectivity index (χ4n) is 1.65. The van der Waals surface area contributed by atoms with Crippen molar-refractivity contribution < 1.29 is 0 Å². The quantitative estimate of drug-likeness (QED) is 0.870. The molecule has 0 spiro atoms. The van der Waals surface area contributed by atoms with E-state index in [1.807, 2.05) is 24.3 Å². The SMILES string of the molecule is CCN(Cc1ccccn1)c1cc(N)ccn1. The van der Waals surface area contributed by atoms with Gasteiger partial charge in [-0.05, 0) is 25.1 Å². The Bertz CT molecular complexity index is 470. The molecule has 0 saturated carbocycles. The second-order valence-corrected chi connectivity index (χ2v) is 3.78. The summed E-state index contributed by atoms with van der Waals surface area (Å²) < 4.78 is 0. The van der Waals surface area contributed by atoms with Crippen molar-refractivity contribution in [3.63, 3.8) is 0 Å². The first-order valence-electron chi connectivity index (χ1n) is 5.66. The van der Waals surface area contributed by atoms with E-state index in [1.54, 1.807) is 18.5 Å². The summed E-state index contributed by atoms with van der Waals surface area (Å²) >= 11 is 0. The highest BCUT2D eigenvalue weighted by Gasteiger charge is 2.07. The summed E-state index contributed by atoms with van der Waals surface area (Å²) in [5.41, 5.74) is 7.52. The molecule has 2 aromatic heterocycles. The molecule has 0 unspecified atom stereocenters. The van der Waals surface area contributed by atoms with E-state index in [0.717, 1.165) is 30.3 Å². The lowest BCUT2D eigenvalue weighted by atomic mass is 10.3. The third kappa shape index (κ3) is 2.93. The van der Waals surface area contributed by atoms with Crippen LogP contribution >= 0.6 is 0 Å². The van der Waals surface area contributed by atoms with Crippen molar-refractivity contribution in [2.24, 2.45) is 0 Å². The topological polar surface area (TPSA) is 55.0 Å². The van der Waals surface area contributed by atoms with Crippen molar-refractivity contribution in [2.45, 2.75) is 13.5 Å². The van der Waals surface area contributed by atoms with Crippen LogP contribution in [-0.2, 0) is 6.54 Å². The average molecular weight is 228 g/mol. The van der Waals surface area contributed by atoms with Crippen LogP contribution < -0.4 is 10.6 Å². The number of aromatic nitrogens is 2. The maximum atomic E-state index is 5.76. The largest absolute Gasteiger partial charge is 0.399 e. The minimum Gasteiger partial charge on any atom is -0.399 e. The van der Waals surface area contributed by atoms with Crippen molar-refractivity contribution in [3.05, 3.63) is 48.4 Å². The summed E-state index contributed by atoms with van der Waals surface area (Å²) in [5.74, 6) is 0.887. The predicted octanol–water partition coefficient (Wildman–Crippen LogP) is 2.09. The zero-order chi connectivity index (χ0) is 12.1. The summed E-state index contributed by atoms with van der Waals surface area (Å²) in [6.07, 6.45) is 3.53. The van der Waals surface area contributed by atoms with Gasteiger partial charge < -0.3 is 10.6 Å². The van der Waals surface area contributed by atoms with E-state index in [4.69, 9.17) is 5.73 Å². The van der Waals surface area contributed by atoms with Gasteiger partial charge in [0, 0.05) is 30.7 Å². The molecule has 0 amide bonds. The van der Waals surface area contributed by atoms with Crippen LogP contribution in [0.4, 0.5) is 11.5 Å². The van der Waals surface area contributed by atoms with E-state index in [2.05, 4.69) is 21.8 Å². The molecule has 0 atom stereocenters. The number of nitrogens with two attached hydrogens (primary N) is 1. The summed E-state index contributed by atoms with van der Waals surface area (Å²) in [6.45, 7) is 3.70. The minimum atomic E-state index is 0.731. The zero-order valence-corrected chi connectivity index (χ0v) is 9.87. The molecule has 2 rings (SSSR count). The molecule has 0 aromatic carbocycles. The number of hydrogen-bond donors (Lipinski definition) is 1. The Labute approximate surface area is 101 Å². The number of anilines is 2. The lowest BCUT2D eigenvalue weighted by Gasteiger charge is -2.21. The lowest BCUT2D eigenvalue weighted by molar-refractivity contribution is 0.794. The first-order chi connectivity index (χ1) is 8.29. The fraction of sp³-hybridized carbons (Fsp3) is 0.231. The van der Waals surface area contributed by atoms with Gasteiger partial charge in [0.05, 0.1) is 12.2 Å². The maximum Gasteiger partial charge on any atom is 0.130 e. The van der Waals surface area contributed by atoms with Gasteiger partial charge >= 0.3 is 0 Å². The molecule has 2 N–H and O–H groups in total. The lowest BCUT2D eigenvalue weighted by Crippen LogP contribution is -2.23. The number of hydrogen-bond acceptors (Lipinski definition) is 4. The van der Waals surface area contributed by atoms with Gasteiger partial charge in [0.2, 0.25) is 0 Å². The van der Waals surface area contributed by atoms with Gasteiger partial charge in [-0.1, -0.05) is 6.07 Å². The highest BCUT2D eigenvalue weighted by Crippen LogP contribution is 2.15. The van der Waals surface area contributed by atoms with Crippen LogP contribution in [0.25, 0.3) is 0 Å². The van der Waals surface area contributed by atoms with Crippen LogP contribution in [0.3, 0.4) is 0 Å². The minimum absolute atomic E-state index is 0.731. The van der Waals surface area contributed by atoms with Gasteiger partial charge in [0.1, 0.15) is 5.82 Å². The predicted molar refractivity (Wildman–Crippen MR) is 69.6 cm³/mol. The van der Waals surface area contributed by atoms with E-state index in [9.17, 15) is 0 Å². The number of rotatable bonds is 4. The standard InChI is InChI=1S/C13H16N4/c1-2-17(10-12-5-3-4-7-15-12)13-9-11(14)6-8-16-13/h3-9H,2,10H2,1H3,(H2,14,16). The van der Waals surface area contributed by atoms with Crippen LogP contribution in [0.2, 0.25) is 0 Å². The van der Waals surface area contributed by atoms with E-state index in [1.165, 1.54) is 0 Å². The molecule has 4 heteroatoms. The molecule has 0 fully saturated rings. The first kappa shape index (κ1) is 11.4. The van der Waals surface area contributed by atoms with Crippen molar-refractivity contribution >= 4 is 11.5 Å². The van der Waals surface area contributed by atoms with Gasteiger partial charge in [-0.2, -0.15) is 0 Å². The molecule has 0 aliphatic carbocycles. The number of nitrogens with zero attached hydrogens (tertiary/aromatic N) is 3. The molecule has 0 radical (unpaired) electrons.